The van der Waals surface area contributed by atoms with Crippen LogP contribution in [0, 0.1) is 0 Å². The molecule has 1 aromatic heterocycles. The van der Waals surface area contributed by atoms with E-state index < -0.39 is 0 Å². The van der Waals surface area contributed by atoms with Gasteiger partial charge in [-0.1, -0.05) is 43.1 Å². The normalized spacial score (nSPS) is 12.7. The Bertz CT molecular complexity index is 465. The lowest BCUT2D eigenvalue weighted by Crippen LogP contribution is -2.02. The van der Waals surface area contributed by atoms with E-state index in [2.05, 4.69) is 42.2 Å². The molecule has 2 rings (SSSR count). The molecule has 5 heteroatoms. The smallest absolute Gasteiger partial charge is 0.0779 e. The highest BCUT2D eigenvalue weighted by molar-refractivity contribution is 9.10. The maximum Gasteiger partial charge on any atom is 0.0779 e. The van der Waals surface area contributed by atoms with Crippen LogP contribution in [0.2, 0.25) is 0 Å². The zero-order valence-corrected chi connectivity index (χ0v) is 11.2. The summed E-state index contributed by atoms with van der Waals surface area (Å²) in [4.78, 5) is 0.228. The Kier molecular flexibility index (Phi) is 3.21. The second kappa shape index (κ2) is 4.45. The van der Waals surface area contributed by atoms with Crippen molar-refractivity contribution in [3.05, 3.63) is 40.6 Å². The molecule has 0 bridgehead atoms. The van der Waals surface area contributed by atoms with Gasteiger partial charge < -0.3 is 0 Å². The minimum absolute atomic E-state index is 0.228. The molecule has 1 atom stereocenters. The molecule has 0 aliphatic heterocycles. The number of hydrogen-bond acceptors (Lipinski definition) is 2. The molecule has 0 saturated heterocycles. The van der Waals surface area contributed by atoms with Gasteiger partial charge >= 0.3 is 0 Å². The highest BCUT2D eigenvalue weighted by Gasteiger charge is 2.10. The Balaban J connectivity index is 2.49. The number of benzene rings is 1. The first kappa shape index (κ1) is 10.8. The quantitative estimate of drug-likeness (QED) is 0.789. The van der Waals surface area contributed by atoms with E-state index >= 15 is 0 Å². The summed E-state index contributed by atoms with van der Waals surface area (Å²) in [6.45, 7) is 2.05. The molecule has 0 aliphatic carbocycles. The summed E-state index contributed by atoms with van der Waals surface area (Å²) in [6.07, 6.45) is 1.76. The van der Waals surface area contributed by atoms with Crippen molar-refractivity contribution in [2.75, 3.05) is 0 Å². The van der Waals surface area contributed by atoms with Gasteiger partial charge in [0.05, 0.1) is 22.4 Å². The van der Waals surface area contributed by atoms with Crippen LogP contribution in [0.5, 0.6) is 0 Å². The molecule has 0 radical (unpaired) electrons. The summed E-state index contributed by atoms with van der Waals surface area (Å²) >= 11 is 6.95. The molecule has 1 unspecified atom stereocenters. The molecule has 0 aliphatic rings. The predicted octanol–water partition coefficient (Wildman–Crippen LogP) is 3.49. The lowest BCUT2D eigenvalue weighted by molar-refractivity contribution is 0.765. The molecule has 0 amide bonds. The van der Waals surface area contributed by atoms with Crippen LogP contribution in [0.1, 0.15) is 17.4 Å². The Morgan fingerprint density at radius 2 is 2.20 bits per heavy atom. The van der Waals surface area contributed by atoms with E-state index in [9.17, 15) is 0 Å². The summed E-state index contributed by atoms with van der Waals surface area (Å²) in [5.41, 5.74) is 2.04. The third-order valence-corrected chi connectivity index (χ3v) is 3.00. The first-order valence-corrected chi connectivity index (χ1v) is 6.20. The van der Waals surface area contributed by atoms with Crippen LogP contribution in [0.15, 0.2) is 34.9 Å². The van der Waals surface area contributed by atoms with Crippen LogP contribution in [0.4, 0.5) is 0 Å². The van der Waals surface area contributed by atoms with E-state index in [1.165, 1.54) is 0 Å². The van der Waals surface area contributed by atoms with Gasteiger partial charge in [0.1, 0.15) is 0 Å². The minimum atomic E-state index is 0.228. The monoisotopic (exact) mass is 329 g/mol. The van der Waals surface area contributed by atoms with E-state index in [1.807, 2.05) is 35.9 Å². The zero-order chi connectivity index (χ0) is 10.8. The molecule has 0 N–H and O–H groups in total. The van der Waals surface area contributed by atoms with Crippen LogP contribution in [-0.4, -0.2) is 15.0 Å². The molecule has 3 nitrogen and oxygen atoms in total. The van der Waals surface area contributed by atoms with Gasteiger partial charge in [-0.15, -0.1) is 5.10 Å². The number of rotatable bonds is 2. The van der Waals surface area contributed by atoms with E-state index in [1.54, 1.807) is 6.20 Å². The van der Waals surface area contributed by atoms with Crippen molar-refractivity contribution in [2.45, 2.75) is 11.8 Å². The molecule has 1 heterocycles. The SMILES string of the molecule is CC(Br)c1cnnn1-c1cccc(Br)c1. The second-order valence-electron chi connectivity index (χ2n) is 3.17. The number of halogens is 2. The molecule has 0 saturated carbocycles. The molecular weight excluding hydrogens is 322 g/mol. The van der Waals surface area contributed by atoms with Crippen LogP contribution in [0.25, 0.3) is 5.69 Å². The van der Waals surface area contributed by atoms with Crippen molar-refractivity contribution in [3.8, 4) is 5.69 Å². The lowest BCUT2D eigenvalue weighted by atomic mass is 10.3. The maximum absolute atomic E-state index is 4.06. The van der Waals surface area contributed by atoms with Crippen molar-refractivity contribution in [2.24, 2.45) is 0 Å². The molecule has 78 valence electrons. The molecular formula is C10H9Br2N3. The largest absolute Gasteiger partial charge is 0.216 e. The fraction of sp³-hybridized carbons (Fsp3) is 0.200. The van der Waals surface area contributed by atoms with Gasteiger partial charge in [-0.3, -0.25) is 0 Å². The third-order valence-electron chi connectivity index (χ3n) is 2.04. The van der Waals surface area contributed by atoms with Gasteiger partial charge in [0.15, 0.2) is 0 Å². The van der Waals surface area contributed by atoms with E-state index in [0.717, 1.165) is 15.9 Å². The molecule has 2 aromatic rings. The Morgan fingerprint density at radius 3 is 2.87 bits per heavy atom. The molecule has 15 heavy (non-hydrogen) atoms. The van der Waals surface area contributed by atoms with E-state index in [0.29, 0.717) is 0 Å². The summed E-state index contributed by atoms with van der Waals surface area (Å²) in [5.74, 6) is 0. The lowest BCUT2D eigenvalue weighted by Gasteiger charge is -2.07. The molecule has 0 fully saturated rings. The van der Waals surface area contributed by atoms with Crippen LogP contribution in [0.3, 0.4) is 0 Å². The van der Waals surface area contributed by atoms with Crippen molar-refractivity contribution >= 4 is 31.9 Å². The van der Waals surface area contributed by atoms with E-state index in [4.69, 9.17) is 0 Å². The van der Waals surface area contributed by atoms with Gasteiger partial charge in [-0.2, -0.15) is 0 Å². The van der Waals surface area contributed by atoms with Crippen LogP contribution < -0.4 is 0 Å². The Labute approximate surface area is 105 Å². The fourth-order valence-corrected chi connectivity index (χ4v) is 2.02. The second-order valence-corrected chi connectivity index (χ2v) is 5.46. The number of hydrogen-bond donors (Lipinski definition) is 0. The summed E-state index contributed by atoms with van der Waals surface area (Å²) in [7, 11) is 0. The number of nitrogens with zero attached hydrogens (tertiary/aromatic N) is 3. The minimum Gasteiger partial charge on any atom is -0.216 e. The van der Waals surface area contributed by atoms with Gasteiger partial charge in [-0.25, -0.2) is 4.68 Å². The summed E-state index contributed by atoms with van der Waals surface area (Å²) in [5, 5.41) is 7.98. The topological polar surface area (TPSA) is 30.7 Å². The van der Waals surface area contributed by atoms with E-state index in [-0.39, 0.29) is 4.83 Å². The maximum atomic E-state index is 4.06. The van der Waals surface area contributed by atoms with Gasteiger partial charge in [0, 0.05) is 4.47 Å². The average molecular weight is 331 g/mol. The van der Waals surface area contributed by atoms with Gasteiger partial charge in [-0.05, 0) is 25.1 Å². The molecule has 1 aromatic carbocycles. The highest BCUT2D eigenvalue weighted by Crippen LogP contribution is 2.23. The summed E-state index contributed by atoms with van der Waals surface area (Å²) < 4.78 is 2.85. The highest BCUT2D eigenvalue weighted by atomic mass is 79.9. The average Bonchev–Trinajstić information content (AvgIpc) is 2.65. The predicted molar refractivity (Wildman–Crippen MR) is 66.4 cm³/mol. The van der Waals surface area contributed by atoms with Gasteiger partial charge in [0.25, 0.3) is 0 Å². The summed E-state index contributed by atoms with van der Waals surface area (Å²) in [6, 6.07) is 7.97. The fourth-order valence-electron chi connectivity index (χ4n) is 1.32. The third kappa shape index (κ3) is 2.29. The van der Waals surface area contributed by atoms with Crippen molar-refractivity contribution in [1.29, 1.82) is 0 Å². The van der Waals surface area contributed by atoms with Crippen LogP contribution >= 0.6 is 31.9 Å². The van der Waals surface area contributed by atoms with Crippen LogP contribution in [-0.2, 0) is 0 Å². The molecule has 0 spiro atoms. The first-order chi connectivity index (χ1) is 7.18. The van der Waals surface area contributed by atoms with Crippen molar-refractivity contribution in [1.82, 2.24) is 15.0 Å². The number of aromatic nitrogens is 3. The standard InChI is InChI=1S/C10H9Br2N3/c1-7(11)10-6-13-14-15(10)9-4-2-3-8(12)5-9/h2-7H,1H3. The van der Waals surface area contributed by atoms with Gasteiger partial charge in [0.2, 0.25) is 0 Å². The Morgan fingerprint density at radius 1 is 1.40 bits per heavy atom. The zero-order valence-electron chi connectivity index (χ0n) is 8.06. The number of alkyl halides is 1. The Hall–Kier alpha value is -0.680. The van der Waals surface area contributed by atoms with Crippen molar-refractivity contribution in [3.63, 3.8) is 0 Å². The first-order valence-electron chi connectivity index (χ1n) is 4.49. The van der Waals surface area contributed by atoms with Crippen molar-refractivity contribution < 1.29 is 0 Å².